The van der Waals surface area contributed by atoms with E-state index in [0.717, 1.165) is 18.2 Å². The monoisotopic (exact) mass is 310 g/mol. The first-order valence-corrected chi connectivity index (χ1v) is 7.32. The van der Waals surface area contributed by atoms with Gasteiger partial charge >= 0.3 is 0 Å². The number of rotatable bonds is 2. The lowest BCUT2D eigenvalue weighted by Gasteiger charge is -2.24. The molecule has 0 radical (unpaired) electrons. The summed E-state index contributed by atoms with van der Waals surface area (Å²) < 4.78 is 27.3. The second-order valence-electron chi connectivity index (χ2n) is 4.90. The number of aromatic nitrogens is 1. The fourth-order valence-corrected chi connectivity index (χ4v) is 3.09. The minimum absolute atomic E-state index is 0.0788. The molecule has 3 rings (SSSR count). The smallest absolute Gasteiger partial charge is 0.273 e. The zero-order chi connectivity index (χ0) is 15.0. The molecule has 1 saturated heterocycles. The average molecular weight is 310 g/mol. The molecule has 4 nitrogen and oxygen atoms in total. The van der Waals surface area contributed by atoms with Crippen molar-refractivity contribution in [3.63, 3.8) is 0 Å². The van der Waals surface area contributed by atoms with Crippen LogP contribution in [0.4, 0.5) is 8.78 Å². The van der Waals surface area contributed by atoms with E-state index in [9.17, 15) is 18.7 Å². The highest BCUT2D eigenvalue weighted by atomic mass is 32.1. The van der Waals surface area contributed by atoms with E-state index in [1.807, 2.05) is 0 Å². The van der Waals surface area contributed by atoms with Crippen LogP contribution >= 0.6 is 11.3 Å². The maximum absolute atomic E-state index is 13.9. The van der Waals surface area contributed by atoms with Gasteiger partial charge < -0.3 is 10.0 Å². The number of hydrogen-bond donors (Lipinski definition) is 1. The number of carbonyl (C=O) groups excluding carboxylic acids is 1. The van der Waals surface area contributed by atoms with Gasteiger partial charge in [0.25, 0.3) is 5.91 Å². The minimum atomic E-state index is -0.764. The van der Waals surface area contributed by atoms with Crippen molar-refractivity contribution in [2.24, 2.45) is 0 Å². The van der Waals surface area contributed by atoms with E-state index in [2.05, 4.69) is 4.98 Å². The number of aliphatic hydroxyl groups excluding tert-OH is 1. The zero-order valence-corrected chi connectivity index (χ0v) is 11.7. The fourth-order valence-electron chi connectivity index (χ4n) is 2.57. The van der Waals surface area contributed by atoms with E-state index in [4.69, 9.17) is 0 Å². The first-order chi connectivity index (χ1) is 10.1. The zero-order valence-electron chi connectivity index (χ0n) is 10.9. The number of β-amino-alcohol motifs (C(OH)–C–C–N with tert-alkyl or cyclic N) is 1. The number of nitrogens with zero attached hydrogens (tertiary/aromatic N) is 2. The third kappa shape index (κ3) is 2.66. The molecule has 2 unspecified atom stereocenters. The van der Waals surface area contributed by atoms with Gasteiger partial charge in [0.05, 0.1) is 17.7 Å². The third-order valence-corrected chi connectivity index (χ3v) is 4.09. The molecule has 1 fully saturated rings. The molecule has 1 aromatic carbocycles. The van der Waals surface area contributed by atoms with Crippen LogP contribution in [0.25, 0.3) is 0 Å². The van der Waals surface area contributed by atoms with Crippen LogP contribution in [-0.4, -0.2) is 33.5 Å². The first kappa shape index (κ1) is 14.1. The summed E-state index contributed by atoms with van der Waals surface area (Å²) in [6.07, 6.45) is -0.587. The van der Waals surface area contributed by atoms with Gasteiger partial charge in [0, 0.05) is 17.5 Å². The summed E-state index contributed by atoms with van der Waals surface area (Å²) in [5.74, 6) is -1.55. The van der Waals surface area contributed by atoms with Crippen LogP contribution in [0.3, 0.4) is 0 Å². The predicted octanol–water partition coefficient (Wildman–Crippen LogP) is 2.37. The Labute approximate surface area is 123 Å². The molecule has 0 saturated carbocycles. The van der Waals surface area contributed by atoms with Gasteiger partial charge in [-0.2, -0.15) is 0 Å². The van der Waals surface area contributed by atoms with E-state index in [-0.39, 0.29) is 30.1 Å². The van der Waals surface area contributed by atoms with Crippen LogP contribution in [-0.2, 0) is 0 Å². The van der Waals surface area contributed by atoms with Crippen LogP contribution in [0.15, 0.2) is 29.1 Å². The lowest BCUT2D eigenvalue weighted by atomic mass is 10.0. The van der Waals surface area contributed by atoms with E-state index >= 15 is 0 Å². The molecule has 7 heteroatoms. The minimum Gasteiger partial charge on any atom is -0.391 e. The van der Waals surface area contributed by atoms with Gasteiger partial charge in [0.15, 0.2) is 0 Å². The van der Waals surface area contributed by atoms with Crippen LogP contribution in [0.2, 0.25) is 0 Å². The molecule has 110 valence electrons. The summed E-state index contributed by atoms with van der Waals surface area (Å²) in [7, 11) is 0. The second-order valence-corrected chi connectivity index (χ2v) is 5.62. The molecule has 1 N–H and O–H groups in total. The lowest BCUT2D eigenvalue weighted by Crippen LogP contribution is -2.32. The summed E-state index contributed by atoms with van der Waals surface area (Å²) >= 11 is 1.27. The normalized spacial score (nSPS) is 21.8. The summed E-state index contributed by atoms with van der Waals surface area (Å²) in [6.45, 7) is 0.0803. The van der Waals surface area contributed by atoms with Crippen molar-refractivity contribution in [1.29, 1.82) is 0 Å². The Kier molecular flexibility index (Phi) is 3.69. The van der Waals surface area contributed by atoms with Crippen molar-refractivity contribution < 1.29 is 18.7 Å². The number of benzene rings is 1. The molecule has 2 atom stereocenters. The Morgan fingerprint density at radius 3 is 2.95 bits per heavy atom. The van der Waals surface area contributed by atoms with Crippen molar-refractivity contribution >= 4 is 17.2 Å². The van der Waals surface area contributed by atoms with Gasteiger partial charge in [-0.15, -0.1) is 11.3 Å². The number of halogens is 2. The van der Waals surface area contributed by atoms with Gasteiger partial charge in [0.2, 0.25) is 0 Å². The van der Waals surface area contributed by atoms with Crippen molar-refractivity contribution in [2.45, 2.75) is 18.6 Å². The molecule has 1 aliphatic rings. The number of carbonyl (C=O) groups is 1. The molecule has 2 heterocycles. The Bertz CT molecular complexity index is 663. The fraction of sp³-hybridized carbons (Fsp3) is 0.286. The number of likely N-dealkylation sites (tertiary alicyclic amines) is 1. The van der Waals surface area contributed by atoms with Crippen molar-refractivity contribution in [2.75, 3.05) is 6.54 Å². The summed E-state index contributed by atoms with van der Waals surface area (Å²) in [5, 5.41) is 11.4. The molecule has 0 spiro atoms. The highest BCUT2D eigenvalue weighted by Crippen LogP contribution is 2.35. The van der Waals surface area contributed by atoms with Crippen molar-refractivity contribution in [1.82, 2.24) is 9.88 Å². The van der Waals surface area contributed by atoms with E-state index < -0.39 is 23.8 Å². The Hall–Kier alpha value is -1.86. The number of thiazole rings is 1. The first-order valence-electron chi connectivity index (χ1n) is 6.38. The molecule has 1 aromatic heterocycles. The van der Waals surface area contributed by atoms with Gasteiger partial charge in [-0.1, -0.05) is 0 Å². The van der Waals surface area contributed by atoms with Crippen LogP contribution < -0.4 is 0 Å². The lowest BCUT2D eigenvalue weighted by molar-refractivity contribution is 0.0708. The quantitative estimate of drug-likeness (QED) is 0.926. The molecule has 1 aliphatic heterocycles. The summed E-state index contributed by atoms with van der Waals surface area (Å²) in [5.41, 5.74) is 1.85. The highest BCUT2D eigenvalue weighted by molar-refractivity contribution is 7.07. The maximum Gasteiger partial charge on any atom is 0.273 e. The van der Waals surface area contributed by atoms with Crippen molar-refractivity contribution in [3.8, 4) is 0 Å². The molecular weight excluding hydrogens is 298 g/mol. The standard InChI is InChI=1S/C14H12F2N2O2S/c15-8-1-2-11(16)10(3-8)13-4-9(19)5-18(13)14(20)12-6-21-7-17-12/h1-3,6-7,9,13,19H,4-5H2. The number of amides is 1. The second kappa shape index (κ2) is 5.50. The summed E-state index contributed by atoms with van der Waals surface area (Å²) in [4.78, 5) is 17.7. The maximum atomic E-state index is 13.9. The molecule has 0 bridgehead atoms. The predicted molar refractivity (Wildman–Crippen MR) is 72.9 cm³/mol. The van der Waals surface area contributed by atoms with Gasteiger partial charge in [-0.05, 0) is 24.6 Å². The van der Waals surface area contributed by atoms with E-state index in [1.165, 1.54) is 21.7 Å². The van der Waals surface area contributed by atoms with Crippen LogP contribution in [0.5, 0.6) is 0 Å². The van der Waals surface area contributed by atoms with E-state index in [0.29, 0.717) is 0 Å². The Balaban J connectivity index is 1.96. The van der Waals surface area contributed by atoms with Crippen LogP contribution in [0.1, 0.15) is 28.5 Å². The SMILES string of the molecule is O=C(c1cscn1)N1CC(O)CC1c1cc(F)ccc1F. The molecule has 21 heavy (non-hydrogen) atoms. The molecular formula is C14H12F2N2O2S. The van der Waals surface area contributed by atoms with Crippen LogP contribution in [0, 0.1) is 11.6 Å². The molecule has 1 amide bonds. The Morgan fingerprint density at radius 1 is 1.43 bits per heavy atom. The van der Waals surface area contributed by atoms with Crippen molar-refractivity contribution in [3.05, 3.63) is 52.0 Å². The Morgan fingerprint density at radius 2 is 2.24 bits per heavy atom. The van der Waals surface area contributed by atoms with Gasteiger partial charge in [0.1, 0.15) is 17.3 Å². The highest BCUT2D eigenvalue weighted by Gasteiger charge is 2.37. The summed E-state index contributed by atoms with van der Waals surface area (Å²) in [6, 6.07) is 2.43. The largest absolute Gasteiger partial charge is 0.391 e. The van der Waals surface area contributed by atoms with E-state index in [1.54, 1.807) is 5.38 Å². The average Bonchev–Trinajstić information content (AvgIpc) is 3.10. The molecule has 0 aliphatic carbocycles. The topological polar surface area (TPSA) is 53.4 Å². The third-order valence-electron chi connectivity index (χ3n) is 3.51. The number of aliphatic hydroxyl groups is 1. The number of hydrogen-bond acceptors (Lipinski definition) is 4. The molecule has 2 aromatic rings. The van der Waals surface area contributed by atoms with Gasteiger partial charge in [-0.3, -0.25) is 4.79 Å². The van der Waals surface area contributed by atoms with Gasteiger partial charge in [-0.25, -0.2) is 13.8 Å².